The number of rotatable bonds is 0. The molecule has 0 bridgehead atoms. The van der Waals surface area contributed by atoms with Crippen molar-refractivity contribution in [2.24, 2.45) is 0 Å². The molecule has 0 aliphatic rings. The molecule has 0 aliphatic heterocycles. The van der Waals surface area contributed by atoms with Crippen molar-refractivity contribution in [2.75, 3.05) is 0 Å². The molecular formula is C6H2Cl2F2. The molecule has 0 N–H and O–H groups in total. The molecule has 4 heteroatoms. The monoisotopic (exact) mass is 182 g/mol. The topological polar surface area (TPSA) is 0 Å². The van der Waals surface area contributed by atoms with Crippen LogP contribution in [0.15, 0.2) is 12.1 Å². The minimum atomic E-state index is -0.715. The predicted molar refractivity (Wildman–Crippen MR) is 36.4 cm³/mol. The third-order valence-corrected chi connectivity index (χ3v) is 1.54. The van der Waals surface area contributed by atoms with E-state index in [0.29, 0.717) is 0 Å². The van der Waals surface area contributed by atoms with Crippen molar-refractivity contribution >= 4 is 23.2 Å². The molecular weight excluding hydrogens is 181 g/mol. The standard InChI is InChI=1S/C6H2Cl2F2/c7-3-1-5(9)4(8)2-6(3)10/h1-2H. The van der Waals surface area contributed by atoms with Gasteiger partial charge in [-0.3, -0.25) is 0 Å². The van der Waals surface area contributed by atoms with E-state index in [1.807, 2.05) is 0 Å². The van der Waals surface area contributed by atoms with Crippen molar-refractivity contribution < 1.29 is 8.78 Å². The van der Waals surface area contributed by atoms with Crippen LogP contribution in [0.4, 0.5) is 8.78 Å². The molecule has 0 fully saturated rings. The normalized spacial score (nSPS) is 10.0. The van der Waals surface area contributed by atoms with Crippen molar-refractivity contribution in [2.45, 2.75) is 0 Å². The van der Waals surface area contributed by atoms with Gasteiger partial charge in [-0.2, -0.15) is 0 Å². The van der Waals surface area contributed by atoms with Crippen molar-refractivity contribution in [3.05, 3.63) is 33.8 Å². The highest BCUT2D eigenvalue weighted by Gasteiger charge is 2.04. The van der Waals surface area contributed by atoms with Crippen LogP contribution in [0.3, 0.4) is 0 Å². The van der Waals surface area contributed by atoms with E-state index in [4.69, 9.17) is 23.2 Å². The fourth-order valence-electron chi connectivity index (χ4n) is 0.498. The van der Waals surface area contributed by atoms with E-state index < -0.39 is 11.6 Å². The van der Waals surface area contributed by atoms with Gasteiger partial charge in [0.25, 0.3) is 0 Å². The summed E-state index contributed by atoms with van der Waals surface area (Å²) < 4.78 is 24.8. The highest BCUT2D eigenvalue weighted by atomic mass is 35.5. The van der Waals surface area contributed by atoms with Crippen LogP contribution in [-0.2, 0) is 0 Å². The summed E-state index contributed by atoms with van der Waals surface area (Å²) in [6.45, 7) is 0. The maximum absolute atomic E-state index is 12.4. The number of hydrogen-bond donors (Lipinski definition) is 0. The van der Waals surface area contributed by atoms with Crippen LogP contribution in [0.1, 0.15) is 0 Å². The lowest BCUT2D eigenvalue weighted by Gasteiger charge is -1.95. The van der Waals surface area contributed by atoms with Crippen molar-refractivity contribution in [1.82, 2.24) is 0 Å². The molecule has 0 heterocycles. The van der Waals surface area contributed by atoms with Gasteiger partial charge in [-0.1, -0.05) is 23.2 Å². The Morgan fingerprint density at radius 1 is 0.900 bits per heavy atom. The van der Waals surface area contributed by atoms with Gasteiger partial charge in [-0.25, -0.2) is 8.78 Å². The van der Waals surface area contributed by atoms with Gasteiger partial charge in [0.2, 0.25) is 0 Å². The smallest absolute Gasteiger partial charge is 0.143 e. The van der Waals surface area contributed by atoms with E-state index in [2.05, 4.69) is 0 Å². The first-order valence-corrected chi connectivity index (χ1v) is 3.17. The first-order valence-electron chi connectivity index (χ1n) is 2.41. The third kappa shape index (κ3) is 1.39. The molecule has 0 atom stereocenters. The fourth-order valence-corrected chi connectivity index (χ4v) is 0.799. The van der Waals surface area contributed by atoms with Gasteiger partial charge >= 0.3 is 0 Å². The maximum Gasteiger partial charge on any atom is 0.143 e. The van der Waals surface area contributed by atoms with Gasteiger partial charge in [0.05, 0.1) is 10.0 Å². The van der Waals surface area contributed by atoms with Gasteiger partial charge < -0.3 is 0 Å². The molecule has 1 rings (SSSR count). The minimum Gasteiger partial charge on any atom is -0.205 e. The van der Waals surface area contributed by atoms with Crippen LogP contribution < -0.4 is 0 Å². The first kappa shape index (κ1) is 7.76. The molecule has 0 nitrogen and oxygen atoms in total. The molecule has 0 amide bonds. The Hall–Kier alpha value is -0.340. The second kappa shape index (κ2) is 2.72. The summed E-state index contributed by atoms with van der Waals surface area (Å²) in [5.74, 6) is -1.43. The molecule has 0 aromatic heterocycles. The summed E-state index contributed by atoms with van der Waals surface area (Å²) in [6.07, 6.45) is 0. The van der Waals surface area contributed by atoms with Gasteiger partial charge in [-0.05, 0) is 12.1 Å². The Balaban J connectivity index is 3.28. The Labute approximate surface area is 66.4 Å². The average molecular weight is 183 g/mol. The van der Waals surface area contributed by atoms with Crippen LogP contribution in [0.2, 0.25) is 10.0 Å². The maximum atomic E-state index is 12.4. The largest absolute Gasteiger partial charge is 0.205 e. The molecule has 10 heavy (non-hydrogen) atoms. The zero-order valence-electron chi connectivity index (χ0n) is 4.67. The van der Waals surface area contributed by atoms with Gasteiger partial charge in [0, 0.05) is 0 Å². The van der Waals surface area contributed by atoms with Crippen LogP contribution in [-0.4, -0.2) is 0 Å². The lowest BCUT2D eigenvalue weighted by Crippen LogP contribution is -1.81. The molecule has 1 aromatic rings. The van der Waals surface area contributed by atoms with Crippen LogP contribution >= 0.6 is 23.2 Å². The Morgan fingerprint density at radius 2 is 1.20 bits per heavy atom. The van der Waals surface area contributed by atoms with E-state index in [1.165, 1.54) is 0 Å². The van der Waals surface area contributed by atoms with Gasteiger partial charge in [-0.15, -0.1) is 0 Å². The lowest BCUT2D eigenvalue weighted by molar-refractivity contribution is 0.601. The summed E-state index contributed by atoms with van der Waals surface area (Å²) in [4.78, 5) is 0. The molecule has 54 valence electrons. The molecule has 0 radical (unpaired) electrons. The van der Waals surface area contributed by atoms with Crippen molar-refractivity contribution in [1.29, 1.82) is 0 Å². The highest BCUT2D eigenvalue weighted by Crippen LogP contribution is 2.22. The summed E-state index contributed by atoms with van der Waals surface area (Å²) in [5.41, 5.74) is 0. The lowest BCUT2D eigenvalue weighted by atomic mass is 10.3. The molecule has 0 unspecified atom stereocenters. The fraction of sp³-hybridized carbons (Fsp3) is 0. The Kier molecular flexibility index (Phi) is 2.11. The van der Waals surface area contributed by atoms with E-state index in [9.17, 15) is 8.78 Å². The quantitative estimate of drug-likeness (QED) is 0.541. The minimum absolute atomic E-state index is 0.262. The zero-order chi connectivity index (χ0) is 7.72. The average Bonchev–Trinajstić information content (AvgIpc) is 1.84. The number of hydrogen-bond acceptors (Lipinski definition) is 0. The Morgan fingerprint density at radius 3 is 1.50 bits per heavy atom. The van der Waals surface area contributed by atoms with E-state index in [-0.39, 0.29) is 10.0 Å². The SMILES string of the molecule is Fc1cc(Cl)c(F)cc1Cl. The van der Waals surface area contributed by atoms with Gasteiger partial charge in [0.1, 0.15) is 11.6 Å². The van der Waals surface area contributed by atoms with Crippen LogP contribution in [0.5, 0.6) is 0 Å². The summed E-state index contributed by atoms with van der Waals surface area (Å²) >= 11 is 10.4. The number of benzene rings is 1. The Bertz CT molecular complexity index is 210. The van der Waals surface area contributed by atoms with E-state index in [0.717, 1.165) is 12.1 Å². The summed E-state index contributed by atoms with van der Waals surface area (Å²) in [5, 5.41) is -0.524. The summed E-state index contributed by atoms with van der Waals surface area (Å²) in [7, 11) is 0. The van der Waals surface area contributed by atoms with Crippen molar-refractivity contribution in [3.63, 3.8) is 0 Å². The number of halogens is 4. The molecule has 0 saturated carbocycles. The molecule has 0 aliphatic carbocycles. The summed E-state index contributed by atoms with van der Waals surface area (Å²) in [6, 6.07) is 1.67. The second-order valence-electron chi connectivity index (χ2n) is 1.68. The first-order chi connectivity index (χ1) is 4.61. The predicted octanol–water partition coefficient (Wildman–Crippen LogP) is 3.27. The highest BCUT2D eigenvalue weighted by molar-refractivity contribution is 6.33. The van der Waals surface area contributed by atoms with Crippen LogP contribution in [0, 0.1) is 11.6 Å². The molecule has 0 saturated heterocycles. The third-order valence-electron chi connectivity index (χ3n) is 0.963. The second-order valence-corrected chi connectivity index (χ2v) is 2.49. The molecule has 1 aromatic carbocycles. The van der Waals surface area contributed by atoms with Crippen molar-refractivity contribution in [3.8, 4) is 0 Å². The van der Waals surface area contributed by atoms with Crippen LogP contribution in [0.25, 0.3) is 0 Å². The van der Waals surface area contributed by atoms with Gasteiger partial charge in [0.15, 0.2) is 0 Å². The molecule has 0 spiro atoms. The van der Waals surface area contributed by atoms with E-state index in [1.54, 1.807) is 0 Å². The zero-order valence-corrected chi connectivity index (χ0v) is 6.18. The van der Waals surface area contributed by atoms with E-state index >= 15 is 0 Å².